The lowest BCUT2D eigenvalue weighted by Crippen LogP contribution is -2.38. The van der Waals surface area contributed by atoms with Gasteiger partial charge in [-0.25, -0.2) is 4.79 Å². The zero-order valence-corrected chi connectivity index (χ0v) is 13.4. The number of carbonyl (C=O) groups is 1. The molecular formula is C15H24N2O2S. The molecule has 2 rings (SSSR count). The number of nitrogens with zero attached hydrogens (tertiary/aromatic N) is 2. The SMILES string of the molecule is CCN1CCCC1CN(C)Cc1cc(C(=O)O)sc1C. The largest absolute Gasteiger partial charge is 0.477 e. The van der Waals surface area contributed by atoms with Crippen LogP contribution in [0.5, 0.6) is 0 Å². The molecule has 0 amide bonds. The Kier molecular flexibility index (Phi) is 5.18. The lowest BCUT2D eigenvalue weighted by Gasteiger charge is -2.27. The van der Waals surface area contributed by atoms with Gasteiger partial charge in [0.1, 0.15) is 4.88 Å². The Morgan fingerprint density at radius 3 is 2.95 bits per heavy atom. The number of likely N-dealkylation sites (tertiary alicyclic amines) is 1. The van der Waals surface area contributed by atoms with Gasteiger partial charge in [0.05, 0.1) is 0 Å². The third kappa shape index (κ3) is 3.59. The average molecular weight is 296 g/mol. The molecule has 5 heteroatoms. The zero-order valence-electron chi connectivity index (χ0n) is 12.6. The standard InChI is InChI=1S/C15H24N2O2S/c1-4-17-7-5-6-13(17)10-16(3)9-12-8-14(15(18)19)20-11(12)2/h8,13H,4-7,9-10H2,1-3H3,(H,18,19). The number of thiophene rings is 1. The van der Waals surface area contributed by atoms with E-state index in [4.69, 9.17) is 5.11 Å². The highest BCUT2D eigenvalue weighted by molar-refractivity contribution is 7.14. The van der Waals surface area contributed by atoms with Crippen LogP contribution in [0.3, 0.4) is 0 Å². The molecule has 4 nitrogen and oxygen atoms in total. The highest BCUT2D eigenvalue weighted by atomic mass is 32.1. The molecule has 2 heterocycles. The quantitative estimate of drug-likeness (QED) is 0.876. The molecule has 20 heavy (non-hydrogen) atoms. The van der Waals surface area contributed by atoms with Crippen molar-refractivity contribution in [1.82, 2.24) is 9.80 Å². The van der Waals surface area contributed by atoms with Crippen molar-refractivity contribution in [3.63, 3.8) is 0 Å². The van der Waals surface area contributed by atoms with E-state index in [1.54, 1.807) is 0 Å². The van der Waals surface area contributed by atoms with Crippen molar-refractivity contribution < 1.29 is 9.90 Å². The van der Waals surface area contributed by atoms with E-state index in [0.717, 1.165) is 30.1 Å². The molecule has 1 N–H and O–H groups in total. The molecule has 0 saturated carbocycles. The van der Waals surface area contributed by atoms with Gasteiger partial charge in [-0.15, -0.1) is 11.3 Å². The van der Waals surface area contributed by atoms with E-state index in [1.807, 2.05) is 13.0 Å². The van der Waals surface area contributed by atoms with E-state index >= 15 is 0 Å². The molecule has 1 aliphatic heterocycles. The van der Waals surface area contributed by atoms with Gasteiger partial charge in [-0.1, -0.05) is 6.92 Å². The van der Waals surface area contributed by atoms with Gasteiger partial charge in [-0.05, 0) is 51.5 Å². The van der Waals surface area contributed by atoms with Crippen LogP contribution in [0.4, 0.5) is 0 Å². The fourth-order valence-electron chi connectivity index (χ4n) is 3.02. The van der Waals surface area contributed by atoms with Crippen LogP contribution in [0.25, 0.3) is 0 Å². The van der Waals surface area contributed by atoms with E-state index in [1.165, 1.54) is 30.7 Å². The molecule has 0 radical (unpaired) electrons. The molecule has 1 aliphatic rings. The zero-order chi connectivity index (χ0) is 14.7. The van der Waals surface area contributed by atoms with Crippen LogP contribution in [0.2, 0.25) is 0 Å². The predicted octanol–water partition coefficient (Wildman–Crippen LogP) is 2.67. The van der Waals surface area contributed by atoms with E-state index < -0.39 is 5.97 Å². The molecule has 112 valence electrons. The van der Waals surface area contributed by atoms with Crippen LogP contribution < -0.4 is 0 Å². The first-order chi connectivity index (χ1) is 9.51. The summed E-state index contributed by atoms with van der Waals surface area (Å²) in [5.41, 5.74) is 1.15. The molecule has 1 atom stereocenters. The lowest BCUT2D eigenvalue weighted by molar-refractivity contribution is 0.0702. The number of hydrogen-bond acceptors (Lipinski definition) is 4. The Hall–Kier alpha value is -0.910. The van der Waals surface area contributed by atoms with Gasteiger partial charge < -0.3 is 10.0 Å². The first-order valence-corrected chi connectivity index (χ1v) is 8.08. The molecule has 0 bridgehead atoms. The van der Waals surface area contributed by atoms with Gasteiger partial charge in [-0.3, -0.25) is 4.90 Å². The third-order valence-electron chi connectivity index (χ3n) is 4.10. The Morgan fingerprint density at radius 2 is 2.35 bits per heavy atom. The first kappa shape index (κ1) is 15.5. The van der Waals surface area contributed by atoms with Crippen LogP contribution in [0.1, 0.15) is 39.9 Å². The summed E-state index contributed by atoms with van der Waals surface area (Å²) in [6.45, 7) is 8.47. The fraction of sp³-hybridized carbons (Fsp3) is 0.667. The number of likely N-dealkylation sites (N-methyl/N-ethyl adjacent to an activating group) is 2. The molecule has 0 spiro atoms. The monoisotopic (exact) mass is 296 g/mol. The summed E-state index contributed by atoms with van der Waals surface area (Å²) in [6, 6.07) is 2.48. The van der Waals surface area contributed by atoms with Crippen molar-refractivity contribution >= 4 is 17.3 Å². The maximum atomic E-state index is 11.0. The molecule has 1 aromatic rings. The summed E-state index contributed by atoms with van der Waals surface area (Å²) in [5, 5.41) is 9.04. The van der Waals surface area contributed by atoms with Crippen molar-refractivity contribution in [1.29, 1.82) is 0 Å². The summed E-state index contributed by atoms with van der Waals surface area (Å²) in [6.07, 6.45) is 2.58. The van der Waals surface area contributed by atoms with Gasteiger partial charge in [0, 0.05) is 24.0 Å². The third-order valence-corrected chi connectivity index (χ3v) is 5.18. The van der Waals surface area contributed by atoms with Gasteiger partial charge >= 0.3 is 5.97 Å². The van der Waals surface area contributed by atoms with Crippen molar-refractivity contribution in [3.05, 3.63) is 21.4 Å². The minimum absolute atomic E-state index is 0.446. The summed E-state index contributed by atoms with van der Waals surface area (Å²) in [5.74, 6) is -0.819. The molecule has 0 aliphatic carbocycles. The Balaban J connectivity index is 1.94. The van der Waals surface area contributed by atoms with Crippen molar-refractivity contribution in [2.24, 2.45) is 0 Å². The van der Waals surface area contributed by atoms with Gasteiger partial charge in [0.15, 0.2) is 0 Å². The highest BCUT2D eigenvalue weighted by Crippen LogP contribution is 2.24. The second kappa shape index (κ2) is 6.70. The van der Waals surface area contributed by atoms with Crippen molar-refractivity contribution in [2.75, 3.05) is 26.7 Å². The van der Waals surface area contributed by atoms with Gasteiger partial charge in [0.2, 0.25) is 0 Å². The normalized spacial score (nSPS) is 19.9. The van der Waals surface area contributed by atoms with E-state index in [-0.39, 0.29) is 0 Å². The summed E-state index contributed by atoms with van der Waals surface area (Å²) >= 11 is 1.38. The number of aryl methyl sites for hydroxylation is 1. The first-order valence-electron chi connectivity index (χ1n) is 7.26. The molecular weight excluding hydrogens is 272 g/mol. The van der Waals surface area contributed by atoms with Crippen LogP contribution in [0, 0.1) is 6.92 Å². The second-order valence-corrected chi connectivity index (χ2v) is 6.87. The topological polar surface area (TPSA) is 43.8 Å². The van der Waals surface area contributed by atoms with Crippen LogP contribution in [0.15, 0.2) is 6.07 Å². The fourth-order valence-corrected chi connectivity index (χ4v) is 3.89. The number of aromatic carboxylic acids is 1. The number of carboxylic acid groups (broad SMARTS) is 1. The summed E-state index contributed by atoms with van der Waals surface area (Å²) < 4.78 is 0. The summed E-state index contributed by atoms with van der Waals surface area (Å²) in [4.78, 5) is 17.4. The van der Waals surface area contributed by atoms with Crippen LogP contribution in [-0.2, 0) is 6.54 Å². The number of rotatable bonds is 6. The Labute approximate surface area is 125 Å². The number of carboxylic acids is 1. The van der Waals surface area contributed by atoms with Crippen LogP contribution >= 0.6 is 11.3 Å². The maximum absolute atomic E-state index is 11.0. The molecule has 1 saturated heterocycles. The second-order valence-electron chi connectivity index (χ2n) is 5.62. The predicted molar refractivity (Wildman–Crippen MR) is 82.6 cm³/mol. The van der Waals surface area contributed by atoms with Gasteiger partial charge in [0.25, 0.3) is 0 Å². The van der Waals surface area contributed by atoms with Crippen LogP contribution in [-0.4, -0.2) is 53.6 Å². The summed E-state index contributed by atoms with van der Waals surface area (Å²) in [7, 11) is 2.13. The lowest BCUT2D eigenvalue weighted by atomic mass is 10.2. The smallest absolute Gasteiger partial charge is 0.345 e. The average Bonchev–Trinajstić information content (AvgIpc) is 2.97. The minimum atomic E-state index is -0.819. The highest BCUT2D eigenvalue weighted by Gasteiger charge is 2.24. The Morgan fingerprint density at radius 1 is 1.60 bits per heavy atom. The van der Waals surface area contributed by atoms with E-state index in [0.29, 0.717) is 10.9 Å². The molecule has 0 aromatic carbocycles. The minimum Gasteiger partial charge on any atom is -0.477 e. The Bertz CT molecular complexity index is 472. The van der Waals surface area contributed by atoms with Crippen molar-refractivity contribution in [2.45, 2.75) is 39.3 Å². The number of hydrogen-bond donors (Lipinski definition) is 1. The van der Waals surface area contributed by atoms with E-state index in [9.17, 15) is 4.79 Å². The molecule has 1 fully saturated rings. The molecule has 1 aromatic heterocycles. The molecule has 1 unspecified atom stereocenters. The van der Waals surface area contributed by atoms with Crippen molar-refractivity contribution in [3.8, 4) is 0 Å². The van der Waals surface area contributed by atoms with Gasteiger partial charge in [-0.2, -0.15) is 0 Å². The van der Waals surface area contributed by atoms with E-state index in [2.05, 4.69) is 23.8 Å². The maximum Gasteiger partial charge on any atom is 0.345 e.